The molecule has 1 N–H and O–H groups in total. The van der Waals surface area contributed by atoms with Gasteiger partial charge < -0.3 is 4.90 Å². The van der Waals surface area contributed by atoms with Crippen LogP contribution in [-0.4, -0.2) is 34.1 Å². The minimum absolute atomic E-state index is 0.124. The third-order valence-electron chi connectivity index (χ3n) is 4.30. The Hall–Kier alpha value is -2.17. The Kier molecular flexibility index (Phi) is 4.51. The van der Waals surface area contributed by atoms with Gasteiger partial charge in [0, 0.05) is 31.6 Å². The van der Waals surface area contributed by atoms with Gasteiger partial charge in [0.15, 0.2) is 0 Å². The summed E-state index contributed by atoms with van der Waals surface area (Å²) < 4.78 is 13.8. The van der Waals surface area contributed by atoms with Crippen LogP contribution in [0.15, 0.2) is 36.7 Å². The third kappa shape index (κ3) is 3.35. The van der Waals surface area contributed by atoms with Crippen molar-refractivity contribution in [3.8, 4) is 0 Å². The summed E-state index contributed by atoms with van der Waals surface area (Å²) in [5.41, 5.74) is 1.86. The van der Waals surface area contributed by atoms with E-state index in [-0.39, 0.29) is 17.6 Å². The molecule has 116 valence electrons. The van der Waals surface area contributed by atoms with E-state index >= 15 is 0 Å². The van der Waals surface area contributed by atoms with Crippen LogP contribution in [0.5, 0.6) is 0 Å². The van der Waals surface area contributed by atoms with E-state index in [4.69, 9.17) is 0 Å². The highest BCUT2D eigenvalue weighted by Gasteiger charge is 2.28. The van der Waals surface area contributed by atoms with Gasteiger partial charge in [0.1, 0.15) is 5.82 Å². The Bertz CT molecular complexity index is 627. The molecule has 0 unspecified atom stereocenters. The van der Waals surface area contributed by atoms with Crippen molar-refractivity contribution >= 4 is 5.91 Å². The first-order valence-corrected chi connectivity index (χ1v) is 7.74. The van der Waals surface area contributed by atoms with Crippen molar-refractivity contribution in [3.63, 3.8) is 0 Å². The molecule has 2 heterocycles. The van der Waals surface area contributed by atoms with E-state index in [1.165, 1.54) is 6.07 Å². The number of nitrogens with one attached hydrogen (secondary N) is 1. The molecule has 2 aromatic rings. The van der Waals surface area contributed by atoms with Crippen LogP contribution >= 0.6 is 0 Å². The van der Waals surface area contributed by atoms with Crippen LogP contribution in [0, 0.1) is 5.82 Å². The van der Waals surface area contributed by atoms with E-state index < -0.39 is 0 Å². The first-order valence-electron chi connectivity index (χ1n) is 7.74. The number of halogens is 1. The lowest BCUT2D eigenvalue weighted by molar-refractivity contribution is -0.130. The number of rotatable bonds is 5. The maximum absolute atomic E-state index is 13.8. The molecule has 0 bridgehead atoms. The maximum atomic E-state index is 13.8. The largest absolute Gasteiger partial charge is 0.342 e. The van der Waals surface area contributed by atoms with Gasteiger partial charge in [-0.25, -0.2) is 4.39 Å². The molecule has 0 radical (unpaired) electrons. The Morgan fingerprint density at radius 3 is 3.05 bits per heavy atom. The van der Waals surface area contributed by atoms with Crippen molar-refractivity contribution in [1.29, 1.82) is 0 Å². The van der Waals surface area contributed by atoms with Crippen LogP contribution in [-0.2, 0) is 11.2 Å². The number of carbonyl (C=O) groups is 1. The summed E-state index contributed by atoms with van der Waals surface area (Å²) in [4.78, 5) is 14.1. The summed E-state index contributed by atoms with van der Waals surface area (Å²) in [5.74, 6) is 0.128. The molecule has 1 amide bonds. The van der Waals surface area contributed by atoms with Crippen LogP contribution in [0.1, 0.15) is 36.3 Å². The standard InChI is InChI=1S/C17H20FN3O/c18-16-6-2-1-5-15(16)14-8-9-21(12-14)17(22)7-3-4-13-10-19-20-11-13/h1-2,5-6,10-11,14H,3-4,7-9,12H2,(H,19,20)/t14-/m1/s1. The highest BCUT2D eigenvalue weighted by Crippen LogP contribution is 2.29. The Labute approximate surface area is 129 Å². The Morgan fingerprint density at radius 1 is 1.41 bits per heavy atom. The van der Waals surface area contributed by atoms with Gasteiger partial charge in [-0.1, -0.05) is 18.2 Å². The van der Waals surface area contributed by atoms with E-state index in [1.54, 1.807) is 12.3 Å². The maximum Gasteiger partial charge on any atom is 0.222 e. The van der Waals surface area contributed by atoms with Crippen LogP contribution in [0.3, 0.4) is 0 Å². The number of aryl methyl sites for hydroxylation is 1. The van der Waals surface area contributed by atoms with Crippen LogP contribution in [0.25, 0.3) is 0 Å². The monoisotopic (exact) mass is 301 g/mol. The fraction of sp³-hybridized carbons (Fsp3) is 0.412. The normalized spacial score (nSPS) is 17.9. The lowest BCUT2D eigenvalue weighted by atomic mass is 9.98. The van der Waals surface area contributed by atoms with E-state index in [1.807, 2.05) is 23.2 Å². The second-order valence-electron chi connectivity index (χ2n) is 5.81. The molecule has 1 atom stereocenters. The zero-order chi connectivity index (χ0) is 15.4. The second-order valence-corrected chi connectivity index (χ2v) is 5.81. The summed E-state index contributed by atoms with van der Waals surface area (Å²) in [5, 5.41) is 6.66. The molecule has 5 heteroatoms. The molecular weight excluding hydrogens is 281 g/mol. The van der Waals surface area contributed by atoms with Crippen LogP contribution < -0.4 is 0 Å². The molecule has 1 aromatic carbocycles. The van der Waals surface area contributed by atoms with E-state index in [0.717, 1.165) is 36.9 Å². The van der Waals surface area contributed by atoms with Gasteiger partial charge in [0.25, 0.3) is 0 Å². The lowest BCUT2D eigenvalue weighted by Gasteiger charge is -2.17. The van der Waals surface area contributed by atoms with Gasteiger partial charge in [-0.3, -0.25) is 9.89 Å². The van der Waals surface area contributed by atoms with E-state index in [2.05, 4.69) is 10.2 Å². The number of aromatic amines is 1. The summed E-state index contributed by atoms with van der Waals surface area (Å²) in [6.07, 6.45) is 6.69. The van der Waals surface area contributed by atoms with Crippen molar-refractivity contribution in [2.24, 2.45) is 0 Å². The summed E-state index contributed by atoms with van der Waals surface area (Å²) >= 11 is 0. The number of amides is 1. The Balaban J connectivity index is 1.49. The molecule has 1 aliphatic rings. The lowest BCUT2D eigenvalue weighted by Crippen LogP contribution is -2.28. The van der Waals surface area contributed by atoms with Crippen molar-refractivity contribution in [2.45, 2.75) is 31.6 Å². The summed E-state index contributed by atoms with van der Waals surface area (Å²) in [6, 6.07) is 6.87. The van der Waals surface area contributed by atoms with Crippen molar-refractivity contribution in [3.05, 3.63) is 53.6 Å². The predicted octanol–water partition coefficient (Wildman–Crippen LogP) is 2.89. The Morgan fingerprint density at radius 2 is 2.27 bits per heavy atom. The average Bonchev–Trinajstić information content (AvgIpc) is 3.19. The molecule has 1 aromatic heterocycles. The van der Waals surface area contributed by atoms with Crippen molar-refractivity contribution in [1.82, 2.24) is 15.1 Å². The quantitative estimate of drug-likeness (QED) is 0.923. The average molecular weight is 301 g/mol. The smallest absolute Gasteiger partial charge is 0.222 e. The fourth-order valence-electron chi connectivity index (χ4n) is 3.06. The fourth-order valence-corrected chi connectivity index (χ4v) is 3.06. The molecular formula is C17H20FN3O. The number of benzene rings is 1. The molecule has 0 spiro atoms. The highest BCUT2D eigenvalue weighted by atomic mass is 19.1. The SMILES string of the molecule is O=C(CCCc1cn[nH]c1)N1CC[C@@H](c2ccccc2F)C1. The number of aromatic nitrogens is 2. The number of carbonyl (C=O) groups excluding carboxylic acids is 1. The first kappa shape index (κ1) is 14.8. The number of hydrogen-bond donors (Lipinski definition) is 1. The third-order valence-corrected chi connectivity index (χ3v) is 4.30. The van der Waals surface area contributed by atoms with Gasteiger partial charge in [0.2, 0.25) is 5.91 Å². The molecule has 0 saturated carbocycles. The molecule has 3 rings (SSSR count). The van der Waals surface area contributed by atoms with Gasteiger partial charge in [-0.05, 0) is 36.5 Å². The molecule has 4 nitrogen and oxygen atoms in total. The van der Waals surface area contributed by atoms with Crippen molar-refractivity contribution < 1.29 is 9.18 Å². The molecule has 22 heavy (non-hydrogen) atoms. The molecule has 1 aliphatic heterocycles. The zero-order valence-electron chi connectivity index (χ0n) is 12.5. The number of nitrogens with zero attached hydrogens (tertiary/aromatic N) is 2. The minimum Gasteiger partial charge on any atom is -0.342 e. The first-order chi connectivity index (χ1) is 10.7. The molecule has 1 fully saturated rings. The summed E-state index contributed by atoms with van der Waals surface area (Å²) in [7, 11) is 0. The van der Waals surface area contributed by atoms with E-state index in [0.29, 0.717) is 13.0 Å². The number of H-pyrrole nitrogens is 1. The van der Waals surface area contributed by atoms with Crippen molar-refractivity contribution in [2.75, 3.05) is 13.1 Å². The second kappa shape index (κ2) is 6.73. The predicted molar refractivity (Wildman–Crippen MR) is 81.9 cm³/mol. The van der Waals surface area contributed by atoms with Gasteiger partial charge >= 0.3 is 0 Å². The van der Waals surface area contributed by atoms with Gasteiger partial charge in [0.05, 0.1) is 6.20 Å². The summed E-state index contributed by atoms with van der Waals surface area (Å²) in [6.45, 7) is 1.36. The minimum atomic E-state index is -0.165. The topological polar surface area (TPSA) is 49.0 Å². The van der Waals surface area contributed by atoms with E-state index in [9.17, 15) is 9.18 Å². The van der Waals surface area contributed by atoms with Gasteiger partial charge in [-0.15, -0.1) is 0 Å². The van der Waals surface area contributed by atoms with Crippen LogP contribution in [0.4, 0.5) is 4.39 Å². The highest BCUT2D eigenvalue weighted by molar-refractivity contribution is 5.76. The molecule has 0 aliphatic carbocycles. The number of likely N-dealkylation sites (tertiary alicyclic amines) is 1. The molecule has 1 saturated heterocycles. The zero-order valence-corrected chi connectivity index (χ0v) is 12.5. The number of hydrogen-bond acceptors (Lipinski definition) is 2. The van der Waals surface area contributed by atoms with Gasteiger partial charge in [-0.2, -0.15) is 5.10 Å². The van der Waals surface area contributed by atoms with Crippen LogP contribution in [0.2, 0.25) is 0 Å².